The Hall–Kier alpha value is -3.02. The number of hydrogen-bond acceptors (Lipinski definition) is 2. The van der Waals surface area contributed by atoms with Gasteiger partial charge in [0.15, 0.2) is 11.6 Å². The van der Waals surface area contributed by atoms with Gasteiger partial charge >= 0.3 is 0 Å². The lowest BCUT2D eigenvalue weighted by Gasteiger charge is -2.15. The van der Waals surface area contributed by atoms with E-state index >= 15 is 0 Å². The Morgan fingerprint density at radius 2 is 1.88 bits per heavy atom. The van der Waals surface area contributed by atoms with E-state index in [1.54, 1.807) is 48.3 Å². The van der Waals surface area contributed by atoms with Crippen LogP contribution in [0.5, 0.6) is 0 Å². The Kier molecular flexibility index (Phi) is 4.37. The lowest BCUT2D eigenvalue weighted by molar-refractivity contribution is 0.0940. The Bertz CT molecular complexity index is 845. The Morgan fingerprint density at radius 3 is 2.50 bits per heavy atom. The van der Waals surface area contributed by atoms with Crippen molar-refractivity contribution in [3.8, 4) is 5.69 Å². The van der Waals surface area contributed by atoms with E-state index < -0.39 is 17.7 Å². The summed E-state index contributed by atoms with van der Waals surface area (Å²) >= 11 is 0. The monoisotopic (exact) mass is 327 g/mol. The summed E-state index contributed by atoms with van der Waals surface area (Å²) in [6.45, 7) is 1.71. The highest BCUT2D eigenvalue weighted by Crippen LogP contribution is 2.17. The van der Waals surface area contributed by atoms with Crippen LogP contribution in [0.25, 0.3) is 5.69 Å². The maximum Gasteiger partial charge on any atom is 0.251 e. The molecular weight excluding hydrogens is 312 g/mol. The number of halogens is 2. The van der Waals surface area contributed by atoms with Crippen molar-refractivity contribution in [1.82, 2.24) is 15.1 Å². The minimum Gasteiger partial charge on any atom is -0.346 e. The normalized spacial score (nSPS) is 12.0. The Labute approximate surface area is 137 Å². The highest BCUT2D eigenvalue weighted by molar-refractivity contribution is 5.94. The van der Waals surface area contributed by atoms with Crippen molar-refractivity contribution in [2.24, 2.45) is 0 Å². The molecule has 0 aliphatic rings. The van der Waals surface area contributed by atoms with E-state index in [1.807, 2.05) is 6.07 Å². The SMILES string of the molecule is CC(NC(=O)c1ccc(-n2cccn2)cc1)c1ccc(F)c(F)c1. The van der Waals surface area contributed by atoms with Gasteiger partial charge in [-0.15, -0.1) is 0 Å². The van der Waals surface area contributed by atoms with E-state index in [2.05, 4.69) is 10.4 Å². The van der Waals surface area contributed by atoms with Crippen LogP contribution < -0.4 is 5.32 Å². The van der Waals surface area contributed by atoms with Crippen LogP contribution in [0.1, 0.15) is 28.9 Å². The van der Waals surface area contributed by atoms with E-state index in [0.717, 1.165) is 17.8 Å². The number of rotatable bonds is 4. The van der Waals surface area contributed by atoms with E-state index in [0.29, 0.717) is 11.1 Å². The zero-order valence-electron chi connectivity index (χ0n) is 12.9. The largest absolute Gasteiger partial charge is 0.346 e. The number of carbonyl (C=O) groups excluding carboxylic acids is 1. The molecule has 122 valence electrons. The molecule has 1 heterocycles. The minimum absolute atomic E-state index is 0.292. The second-order valence-corrected chi connectivity index (χ2v) is 5.37. The van der Waals surface area contributed by atoms with Gasteiger partial charge in [-0.3, -0.25) is 4.79 Å². The quantitative estimate of drug-likeness (QED) is 0.795. The molecule has 24 heavy (non-hydrogen) atoms. The molecular formula is C18H15F2N3O. The standard InChI is InChI=1S/C18H15F2N3O/c1-12(14-5-8-16(19)17(20)11-14)22-18(24)13-3-6-15(7-4-13)23-10-2-9-21-23/h2-12H,1H3,(H,22,24). The molecule has 0 saturated carbocycles. The van der Waals surface area contributed by atoms with E-state index in [1.165, 1.54) is 6.07 Å². The van der Waals surface area contributed by atoms with Crippen molar-refractivity contribution in [2.75, 3.05) is 0 Å². The van der Waals surface area contributed by atoms with E-state index in [-0.39, 0.29) is 5.91 Å². The molecule has 1 atom stereocenters. The number of amides is 1. The second-order valence-electron chi connectivity index (χ2n) is 5.37. The lowest BCUT2D eigenvalue weighted by atomic mass is 10.1. The van der Waals surface area contributed by atoms with Crippen LogP contribution in [-0.2, 0) is 0 Å². The summed E-state index contributed by atoms with van der Waals surface area (Å²) in [5, 5.41) is 6.88. The first-order chi connectivity index (χ1) is 11.5. The summed E-state index contributed by atoms with van der Waals surface area (Å²) in [6.07, 6.45) is 3.48. The fourth-order valence-electron chi connectivity index (χ4n) is 2.33. The third-order valence-electron chi connectivity index (χ3n) is 3.69. The van der Waals surface area contributed by atoms with Crippen molar-refractivity contribution >= 4 is 5.91 Å². The summed E-state index contributed by atoms with van der Waals surface area (Å²) in [4.78, 5) is 12.3. The van der Waals surface area contributed by atoms with Crippen LogP contribution in [0, 0.1) is 11.6 Å². The molecule has 0 spiro atoms. The van der Waals surface area contributed by atoms with Gasteiger partial charge in [0.1, 0.15) is 0 Å². The van der Waals surface area contributed by atoms with E-state index in [9.17, 15) is 13.6 Å². The molecule has 1 amide bonds. The molecule has 1 aromatic heterocycles. The van der Waals surface area contributed by atoms with Gasteiger partial charge < -0.3 is 5.32 Å². The smallest absolute Gasteiger partial charge is 0.251 e. The Balaban J connectivity index is 1.71. The molecule has 1 unspecified atom stereocenters. The molecule has 6 heteroatoms. The van der Waals surface area contributed by atoms with Crippen molar-refractivity contribution in [2.45, 2.75) is 13.0 Å². The average Bonchev–Trinajstić information content (AvgIpc) is 3.12. The lowest BCUT2D eigenvalue weighted by Crippen LogP contribution is -2.26. The summed E-state index contributed by atoms with van der Waals surface area (Å²) in [6, 6.07) is 11.9. The summed E-state index contributed by atoms with van der Waals surface area (Å²) in [7, 11) is 0. The molecule has 3 aromatic rings. The third kappa shape index (κ3) is 3.32. The van der Waals surface area contributed by atoms with Crippen LogP contribution >= 0.6 is 0 Å². The van der Waals surface area contributed by atoms with Gasteiger partial charge in [-0.05, 0) is 55.0 Å². The van der Waals surface area contributed by atoms with Gasteiger partial charge in [-0.1, -0.05) is 6.07 Å². The number of aromatic nitrogens is 2. The fourth-order valence-corrected chi connectivity index (χ4v) is 2.33. The van der Waals surface area contributed by atoms with Crippen LogP contribution in [0.4, 0.5) is 8.78 Å². The van der Waals surface area contributed by atoms with Crippen molar-refractivity contribution in [1.29, 1.82) is 0 Å². The van der Waals surface area contributed by atoms with Gasteiger partial charge in [0.25, 0.3) is 5.91 Å². The predicted molar refractivity (Wildman–Crippen MR) is 85.8 cm³/mol. The van der Waals surface area contributed by atoms with Crippen molar-refractivity contribution in [3.63, 3.8) is 0 Å². The average molecular weight is 327 g/mol. The number of nitrogens with one attached hydrogen (secondary N) is 1. The Morgan fingerprint density at radius 1 is 1.12 bits per heavy atom. The van der Waals surface area contributed by atoms with Gasteiger partial charge in [0, 0.05) is 18.0 Å². The van der Waals surface area contributed by atoms with Gasteiger partial charge in [0.05, 0.1) is 11.7 Å². The molecule has 0 saturated heterocycles. The first-order valence-electron chi connectivity index (χ1n) is 7.40. The minimum atomic E-state index is -0.933. The summed E-state index contributed by atoms with van der Waals surface area (Å²) < 4.78 is 27.9. The molecule has 2 aromatic carbocycles. The predicted octanol–water partition coefficient (Wildman–Crippen LogP) is 3.64. The maximum atomic E-state index is 13.3. The molecule has 3 rings (SSSR count). The molecule has 4 nitrogen and oxygen atoms in total. The van der Waals surface area contributed by atoms with Crippen LogP contribution in [0.2, 0.25) is 0 Å². The van der Waals surface area contributed by atoms with Crippen LogP contribution in [0.15, 0.2) is 60.9 Å². The van der Waals surface area contributed by atoms with E-state index in [4.69, 9.17) is 0 Å². The first kappa shape index (κ1) is 15.9. The van der Waals surface area contributed by atoms with Crippen molar-refractivity contribution in [3.05, 3.63) is 83.7 Å². The number of hydrogen-bond donors (Lipinski definition) is 1. The van der Waals surface area contributed by atoms with Gasteiger partial charge in [0.2, 0.25) is 0 Å². The van der Waals surface area contributed by atoms with Crippen LogP contribution in [0.3, 0.4) is 0 Å². The topological polar surface area (TPSA) is 46.9 Å². The molecule has 0 fully saturated rings. The highest BCUT2D eigenvalue weighted by atomic mass is 19.2. The molecule has 1 N–H and O–H groups in total. The highest BCUT2D eigenvalue weighted by Gasteiger charge is 2.13. The molecule has 0 bridgehead atoms. The molecule has 0 radical (unpaired) electrons. The molecule has 0 aliphatic carbocycles. The summed E-state index contributed by atoms with van der Waals surface area (Å²) in [5.74, 6) is -2.14. The second kappa shape index (κ2) is 6.62. The third-order valence-corrected chi connectivity index (χ3v) is 3.69. The maximum absolute atomic E-state index is 13.3. The zero-order chi connectivity index (χ0) is 17.1. The zero-order valence-corrected chi connectivity index (χ0v) is 12.9. The summed E-state index contributed by atoms with van der Waals surface area (Å²) in [5.41, 5.74) is 1.81. The number of benzene rings is 2. The fraction of sp³-hybridized carbons (Fsp3) is 0.111. The van der Waals surface area contributed by atoms with Crippen molar-refractivity contribution < 1.29 is 13.6 Å². The van der Waals surface area contributed by atoms with Gasteiger partial charge in [-0.2, -0.15) is 5.10 Å². The van der Waals surface area contributed by atoms with Gasteiger partial charge in [-0.25, -0.2) is 13.5 Å². The van der Waals surface area contributed by atoms with Crippen LogP contribution in [-0.4, -0.2) is 15.7 Å². The molecule has 0 aliphatic heterocycles. The number of carbonyl (C=O) groups is 1. The first-order valence-corrected chi connectivity index (χ1v) is 7.40. The number of nitrogens with zero attached hydrogens (tertiary/aromatic N) is 2.